The van der Waals surface area contributed by atoms with Gasteiger partial charge in [-0.15, -0.1) is 0 Å². The van der Waals surface area contributed by atoms with Crippen LogP contribution in [-0.4, -0.2) is 0 Å². The zero-order valence-corrected chi connectivity index (χ0v) is 11.9. The van der Waals surface area contributed by atoms with Gasteiger partial charge in [0, 0.05) is 16.1 Å². The Kier molecular flexibility index (Phi) is 4.20. The molecule has 0 saturated heterocycles. The van der Waals surface area contributed by atoms with Crippen LogP contribution in [0.3, 0.4) is 0 Å². The highest BCUT2D eigenvalue weighted by Gasteiger charge is 2.09. The molecule has 90 valence electrons. The second-order valence-electron chi connectivity index (χ2n) is 3.89. The van der Waals surface area contributed by atoms with Gasteiger partial charge in [0.15, 0.2) is 0 Å². The molecule has 0 saturated carbocycles. The molecule has 1 unspecified atom stereocenters. The van der Waals surface area contributed by atoms with Crippen LogP contribution < -0.4 is 10.5 Å². The number of thiophene rings is 1. The highest BCUT2D eigenvalue weighted by molar-refractivity contribution is 9.10. The van der Waals surface area contributed by atoms with Crippen LogP contribution in [0.5, 0.6) is 5.75 Å². The summed E-state index contributed by atoms with van der Waals surface area (Å²) in [4.78, 5) is 0. The number of halogens is 1. The van der Waals surface area contributed by atoms with Crippen molar-refractivity contribution in [3.63, 3.8) is 0 Å². The monoisotopic (exact) mass is 311 g/mol. The molecule has 1 heterocycles. The number of rotatable bonds is 4. The lowest BCUT2D eigenvalue weighted by atomic mass is 10.1. The van der Waals surface area contributed by atoms with E-state index in [-0.39, 0.29) is 6.04 Å². The number of ether oxygens (including phenoxy) is 1. The largest absolute Gasteiger partial charge is 0.489 e. The fourth-order valence-electron chi connectivity index (χ4n) is 1.54. The van der Waals surface area contributed by atoms with Crippen molar-refractivity contribution in [1.29, 1.82) is 0 Å². The van der Waals surface area contributed by atoms with E-state index < -0.39 is 0 Å². The third kappa shape index (κ3) is 3.31. The summed E-state index contributed by atoms with van der Waals surface area (Å²) in [5, 5.41) is 4.14. The van der Waals surface area contributed by atoms with E-state index in [2.05, 4.69) is 27.4 Å². The first kappa shape index (κ1) is 12.6. The maximum Gasteiger partial charge on any atom is 0.124 e. The molecule has 17 heavy (non-hydrogen) atoms. The molecule has 4 heteroatoms. The molecular weight excluding hydrogens is 298 g/mol. The van der Waals surface area contributed by atoms with Crippen LogP contribution in [0.25, 0.3) is 0 Å². The van der Waals surface area contributed by atoms with E-state index in [1.165, 1.54) is 5.56 Å². The highest BCUT2D eigenvalue weighted by atomic mass is 79.9. The molecule has 0 amide bonds. The zero-order chi connectivity index (χ0) is 12.3. The SMILES string of the molecule is CC(N)c1cc(Br)ccc1OCc1ccsc1. The molecule has 1 aromatic heterocycles. The molecule has 0 aliphatic heterocycles. The van der Waals surface area contributed by atoms with Gasteiger partial charge in [-0.05, 0) is 47.5 Å². The molecule has 0 radical (unpaired) electrons. The lowest BCUT2D eigenvalue weighted by Gasteiger charge is -2.14. The first-order valence-electron chi connectivity index (χ1n) is 5.35. The van der Waals surface area contributed by atoms with E-state index in [4.69, 9.17) is 10.5 Å². The van der Waals surface area contributed by atoms with Gasteiger partial charge in [0.1, 0.15) is 12.4 Å². The van der Waals surface area contributed by atoms with E-state index >= 15 is 0 Å². The molecular formula is C13H14BrNOS. The number of nitrogens with two attached hydrogens (primary N) is 1. The summed E-state index contributed by atoms with van der Waals surface area (Å²) < 4.78 is 6.82. The van der Waals surface area contributed by atoms with Gasteiger partial charge in [0.05, 0.1) is 0 Å². The van der Waals surface area contributed by atoms with Gasteiger partial charge >= 0.3 is 0 Å². The van der Waals surface area contributed by atoms with Crippen LogP contribution >= 0.6 is 27.3 Å². The standard InChI is InChI=1S/C13H14BrNOS/c1-9(15)12-6-11(14)2-3-13(12)16-7-10-4-5-17-8-10/h2-6,8-9H,7,15H2,1H3. The van der Waals surface area contributed by atoms with Crippen LogP contribution in [0.4, 0.5) is 0 Å². The number of hydrogen-bond acceptors (Lipinski definition) is 3. The van der Waals surface area contributed by atoms with Crippen LogP contribution in [-0.2, 0) is 6.61 Å². The van der Waals surface area contributed by atoms with Crippen molar-refractivity contribution < 1.29 is 4.74 Å². The summed E-state index contributed by atoms with van der Waals surface area (Å²) in [5.41, 5.74) is 8.14. The Morgan fingerprint density at radius 3 is 2.88 bits per heavy atom. The first-order valence-corrected chi connectivity index (χ1v) is 7.09. The van der Waals surface area contributed by atoms with Gasteiger partial charge in [-0.3, -0.25) is 0 Å². The van der Waals surface area contributed by atoms with Crippen molar-refractivity contribution in [2.75, 3.05) is 0 Å². The van der Waals surface area contributed by atoms with Gasteiger partial charge in [-0.1, -0.05) is 15.9 Å². The van der Waals surface area contributed by atoms with Crippen LogP contribution in [0.1, 0.15) is 24.1 Å². The Morgan fingerprint density at radius 1 is 1.41 bits per heavy atom. The van der Waals surface area contributed by atoms with E-state index in [1.54, 1.807) is 11.3 Å². The summed E-state index contributed by atoms with van der Waals surface area (Å²) in [6.45, 7) is 2.55. The minimum atomic E-state index is -0.0371. The van der Waals surface area contributed by atoms with Gasteiger partial charge in [-0.2, -0.15) is 11.3 Å². The molecule has 0 aliphatic carbocycles. The fourth-order valence-corrected chi connectivity index (χ4v) is 2.57. The Bertz CT molecular complexity index is 482. The average Bonchev–Trinajstić information content (AvgIpc) is 2.80. The first-order chi connectivity index (χ1) is 8.16. The Morgan fingerprint density at radius 2 is 2.24 bits per heavy atom. The van der Waals surface area contributed by atoms with Crippen molar-refractivity contribution in [2.45, 2.75) is 19.6 Å². The van der Waals surface area contributed by atoms with E-state index in [9.17, 15) is 0 Å². The zero-order valence-electron chi connectivity index (χ0n) is 9.52. The fraction of sp³-hybridized carbons (Fsp3) is 0.231. The molecule has 1 atom stereocenters. The normalized spacial score (nSPS) is 12.4. The minimum absolute atomic E-state index is 0.0371. The van der Waals surface area contributed by atoms with E-state index in [1.807, 2.05) is 30.5 Å². The molecule has 0 spiro atoms. The summed E-state index contributed by atoms with van der Waals surface area (Å²) >= 11 is 5.12. The van der Waals surface area contributed by atoms with Gasteiger partial charge < -0.3 is 10.5 Å². The van der Waals surface area contributed by atoms with Crippen LogP contribution in [0.15, 0.2) is 39.5 Å². The molecule has 2 N–H and O–H groups in total. The number of hydrogen-bond donors (Lipinski definition) is 1. The van der Waals surface area contributed by atoms with E-state index in [0.717, 1.165) is 15.8 Å². The van der Waals surface area contributed by atoms with Crippen molar-refractivity contribution in [3.8, 4) is 5.75 Å². The minimum Gasteiger partial charge on any atom is -0.489 e. The van der Waals surface area contributed by atoms with Crippen LogP contribution in [0.2, 0.25) is 0 Å². The molecule has 2 rings (SSSR count). The molecule has 0 bridgehead atoms. The van der Waals surface area contributed by atoms with Crippen molar-refractivity contribution >= 4 is 27.3 Å². The summed E-state index contributed by atoms with van der Waals surface area (Å²) in [7, 11) is 0. The summed E-state index contributed by atoms with van der Waals surface area (Å²) in [6.07, 6.45) is 0. The van der Waals surface area contributed by atoms with Crippen molar-refractivity contribution in [3.05, 3.63) is 50.6 Å². The Hall–Kier alpha value is -0.840. The van der Waals surface area contributed by atoms with Crippen molar-refractivity contribution in [1.82, 2.24) is 0 Å². The maximum atomic E-state index is 5.93. The summed E-state index contributed by atoms with van der Waals surface area (Å²) in [6, 6.07) is 7.96. The smallest absolute Gasteiger partial charge is 0.124 e. The second kappa shape index (κ2) is 5.67. The van der Waals surface area contributed by atoms with E-state index in [0.29, 0.717) is 6.61 Å². The maximum absolute atomic E-state index is 5.93. The lowest BCUT2D eigenvalue weighted by Crippen LogP contribution is -2.08. The van der Waals surface area contributed by atoms with Crippen LogP contribution in [0, 0.1) is 0 Å². The quantitative estimate of drug-likeness (QED) is 0.922. The summed E-state index contributed by atoms with van der Waals surface area (Å²) in [5.74, 6) is 0.856. The molecule has 0 aliphatic rings. The van der Waals surface area contributed by atoms with Crippen molar-refractivity contribution in [2.24, 2.45) is 5.73 Å². The third-order valence-electron chi connectivity index (χ3n) is 2.44. The second-order valence-corrected chi connectivity index (χ2v) is 5.59. The topological polar surface area (TPSA) is 35.2 Å². The van der Waals surface area contributed by atoms with Gasteiger partial charge in [0.25, 0.3) is 0 Å². The average molecular weight is 312 g/mol. The molecule has 1 aromatic carbocycles. The Labute approximate surface area is 114 Å². The molecule has 0 fully saturated rings. The Balaban J connectivity index is 2.14. The van der Waals surface area contributed by atoms with Gasteiger partial charge in [-0.25, -0.2) is 0 Å². The predicted octanol–water partition coefficient (Wildman–Crippen LogP) is 4.11. The predicted molar refractivity (Wildman–Crippen MR) is 75.4 cm³/mol. The highest BCUT2D eigenvalue weighted by Crippen LogP contribution is 2.28. The van der Waals surface area contributed by atoms with Gasteiger partial charge in [0.2, 0.25) is 0 Å². The molecule has 2 nitrogen and oxygen atoms in total. The molecule has 2 aromatic rings. The lowest BCUT2D eigenvalue weighted by molar-refractivity contribution is 0.302. The number of benzene rings is 1. The third-order valence-corrected chi connectivity index (χ3v) is 3.66.